The molecule has 1 amide bonds. The number of carbonyl (C=O) groups excluding carboxylic acids is 1. The Balaban J connectivity index is 1.12. The molecule has 1 atom stereocenters. The van der Waals surface area contributed by atoms with Crippen molar-refractivity contribution in [2.24, 2.45) is 5.92 Å². The molecule has 0 saturated carbocycles. The number of hydrogen-bond donors (Lipinski definition) is 0. The van der Waals surface area contributed by atoms with E-state index in [0.29, 0.717) is 24.6 Å². The van der Waals surface area contributed by atoms with E-state index in [0.717, 1.165) is 44.2 Å². The van der Waals surface area contributed by atoms with Crippen LogP contribution in [-0.2, 0) is 11.2 Å². The summed E-state index contributed by atoms with van der Waals surface area (Å²) in [6, 6.07) is 17.2. The van der Waals surface area contributed by atoms with Crippen LogP contribution in [0, 0.1) is 12.8 Å². The van der Waals surface area contributed by atoms with Gasteiger partial charge in [0, 0.05) is 68.5 Å². The lowest BCUT2D eigenvalue weighted by Crippen LogP contribution is -2.53. The van der Waals surface area contributed by atoms with Crippen LogP contribution in [0.5, 0.6) is 0 Å². The third-order valence-corrected chi connectivity index (χ3v) is 7.61. The maximum absolute atomic E-state index is 12.9. The molecule has 2 aliphatic heterocycles. The Hall–Kier alpha value is -3.35. The molecule has 0 spiro atoms. The van der Waals surface area contributed by atoms with Crippen LogP contribution in [0.2, 0.25) is 0 Å². The van der Waals surface area contributed by atoms with Crippen molar-refractivity contribution in [3.05, 3.63) is 60.0 Å². The number of benzene rings is 2. The van der Waals surface area contributed by atoms with Crippen molar-refractivity contribution in [2.45, 2.75) is 52.5 Å². The lowest BCUT2D eigenvalue weighted by molar-refractivity contribution is -0.132. The number of carbonyl (C=O) groups is 1. The normalized spacial score (nSPS) is 19.1. The van der Waals surface area contributed by atoms with Crippen molar-refractivity contribution >= 4 is 17.3 Å². The van der Waals surface area contributed by atoms with E-state index in [1.165, 1.54) is 29.8 Å². The van der Waals surface area contributed by atoms with Gasteiger partial charge in [0.05, 0.1) is 0 Å². The summed E-state index contributed by atoms with van der Waals surface area (Å²) in [6.45, 7) is 11.1. The fourth-order valence-electron chi connectivity index (χ4n) is 5.31. The molecule has 3 aromatic rings. The molecule has 3 heterocycles. The Morgan fingerprint density at radius 2 is 1.78 bits per heavy atom. The number of rotatable bonds is 6. The van der Waals surface area contributed by atoms with Gasteiger partial charge in [-0.2, -0.15) is 4.98 Å². The quantitative estimate of drug-likeness (QED) is 0.490. The largest absolute Gasteiger partial charge is 0.372 e. The average molecular weight is 488 g/mol. The third-order valence-electron chi connectivity index (χ3n) is 7.61. The number of piperidine rings is 1. The van der Waals surface area contributed by atoms with E-state index in [1.54, 1.807) is 0 Å². The smallest absolute Gasteiger partial charge is 0.227 e. The van der Waals surface area contributed by atoms with E-state index >= 15 is 0 Å². The second-order valence-corrected chi connectivity index (χ2v) is 10.4. The van der Waals surface area contributed by atoms with Crippen LogP contribution < -0.4 is 9.80 Å². The fraction of sp³-hybridized carbons (Fsp3) is 0.483. The minimum atomic E-state index is 0.144. The first-order valence-corrected chi connectivity index (χ1v) is 13.3. The standard InChI is InChI=1S/C29H37N5O2/c1-21-13-15-32(16-14-21)25-9-7-24(8-10-25)29-30-27(36-31-29)11-12-28(35)33-17-18-34(23(3)20-33)26-6-4-5-22(2)19-26/h4-10,19,21,23H,11-18,20H2,1-3H3/t23-/m1/s1. The molecular formula is C29H37N5O2. The monoisotopic (exact) mass is 487 g/mol. The highest BCUT2D eigenvalue weighted by atomic mass is 16.5. The van der Waals surface area contributed by atoms with Crippen LogP contribution in [0.1, 0.15) is 44.6 Å². The second kappa shape index (κ2) is 10.7. The Morgan fingerprint density at radius 3 is 2.50 bits per heavy atom. The fourth-order valence-corrected chi connectivity index (χ4v) is 5.31. The first-order chi connectivity index (χ1) is 17.5. The summed E-state index contributed by atoms with van der Waals surface area (Å²) in [5, 5.41) is 4.16. The van der Waals surface area contributed by atoms with E-state index in [1.807, 2.05) is 4.90 Å². The van der Waals surface area contributed by atoms with Crippen molar-refractivity contribution in [1.29, 1.82) is 0 Å². The van der Waals surface area contributed by atoms with E-state index in [2.05, 4.69) is 89.2 Å². The van der Waals surface area contributed by atoms with Crippen LogP contribution >= 0.6 is 0 Å². The number of aryl methyl sites for hydroxylation is 2. The van der Waals surface area contributed by atoms with Crippen LogP contribution in [0.4, 0.5) is 11.4 Å². The van der Waals surface area contributed by atoms with Gasteiger partial charge in [0.2, 0.25) is 17.6 Å². The lowest BCUT2D eigenvalue weighted by atomic mass is 9.98. The minimum absolute atomic E-state index is 0.144. The molecular weight excluding hydrogens is 450 g/mol. The predicted octanol–water partition coefficient (Wildman–Crippen LogP) is 4.95. The van der Waals surface area contributed by atoms with Gasteiger partial charge in [-0.3, -0.25) is 4.79 Å². The first kappa shape index (κ1) is 24.3. The molecule has 36 heavy (non-hydrogen) atoms. The summed E-state index contributed by atoms with van der Waals surface area (Å²) < 4.78 is 5.47. The van der Waals surface area contributed by atoms with Gasteiger partial charge in [-0.05, 0) is 74.6 Å². The first-order valence-electron chi connectivity index (χ1n) is 13.3. The minimum Gasteiger partial charge on any atom is -0.372 e. The van der Waals surface area contributed by atoms with Crippen LogP contribution in [-0.4, -0.2) is 59.7 Å². The molecule has 1 aromatic heterocycles. The summed E-state index contributed by atoms with van der Waals surface area (Å²) in [5.74, 6) is 2.05. The lowest BCUT2D eigenvalue weighted by Gasteiger charge is -2.41. The molecule has 0 aliphatic carbocycles. The zero-order valence-corrected chi connectivity index (χ0v) is 21.7. The van der Waals surface area contributed by atoms with Crippen LogP contribution in [0.25, 0.3) is 11.4 Å². The van der Waals surface area contributed by atoms with Gasteiger partial charge in [0.25, 0.3) is 0 Å². The Morgan fingerprint density at radius 1 is 1.00 bits per heavy atom. The van der Waals surface area contributed by atoms with Gasteiger partial charge < -0.3 is 19.2 Å². The summed E-state index contributed by atoms with van der Waals surface area (Å²) in [6.07, 6.45) is 3.33. The van der Waals surface area contributed by atoms with Gasteiger partial charge in [-0.25, -0.2) is 0 Å². The number of aromatic nitrogens is 2. The highest BCUT2D eigenvalue weighted by Gasteiger charge is 2.27. The van der Waals surface area contributed by atoms with Crippen molar-refractivity contribution in [3.8, 4) is 11.4 Å². The summed E-state index contributed by atoms with van der Waals surface area (Å²) in [4.78, 5) is 24.3. The van der Waals surface area contributed by atoms with Gasteiger partial charge in [-0.15, -0.1) is 0 Å². The van der Waals surface area contributed by atoms with Gasteiger partial charge in [0.1, 0.15) is 0 Å². The Labute approximate surface area is 214 Å². The number of piperazine rings is 1. The molecule has 2 aromatic carbocycles. The number of nitrogens with zero attached hydrogens (tertiary/aromatic N) is 5. The second-order valence-electron chi connectivity index (χ2n) is 10.4. The van der Waals surface area contributed by atoms with Crippen molar-refractivity contribution < 1.29 is 9.32 Å². The van der Waals surface area contributed by atoms with Gasteiger partial charge in [0.15, 0.2) is 0 Å². The molecule has 0 bridgehead atoms. The average Bonchev–Trinajstić information content (AvgIpc) is 3.37. The summed E-state index contributed by atoms with van der Waals surface area (Å²) in [7, 11) is 0. The van der Waals surface area contributed by atoms with Gasteiger partial charge in [-0.1, -0.05) is 24.2 Å². The maximum Gasteiger partial charge on any atom is 0.227 e. The van der Waals surface area contributed by atoms with Crippen molar-refractivity contribution in [2.75, 3.05) is 42.5 Å². The predicted molar refractivity (Wildman–Crippen MR) is 143 cm³/mol. The topological polar surface area (TPSA) is 65.7 Å². The third kappa shape index (κ3) is 5.55. The number of anilines is 2. The van der Waals surface area contributed by atoms with E-state index in [9.17, 15) is 4.79 Å². The van der Waals surface area contributed by atoms with Crippen LogP contribution in [0.3, 0.4) is 0 Å². The van der Waals surface area contributed by atoms with Crippen molar-refractivity contribution in [1.82, 2.24) is 15.0 Å². The number of amides is 1. The molecule has 7 nitrogen and oxygen atoms in total. The molecule has 0 unspecified atom stereocenters. The molecule has 0 radical (unpaired) electrons. The Kier molecular flexibility index (Phi) is 7.25. The highest BCUT2D eigenvalue weighted by molar-refractivity contribution is 5.77. The maximum atomic E-state index is 12.9. The molecule has 7 heteroatoms. The van der Waals surface area contributed by atoms with E-state index < -0.39 is 0 Å². The Bertz CT molecular complexity index is 1170. The van der Waals surface area contributed by atoms with Gasteiger partial charge >= 0.3 is 0 Å². The summed E-state index contributed by atoms with van der Waals surface area (Å²) in [5.41, 5.74) is 4.67. The number of hydrogen-bond acceptors (Lipinski definition) is 6. The van der Waals surface area contributed by atoms with Crippen molar-refractivity contribution in [3.63, 3.8) is 0 Å². The van der Waals surface area contributed by atoms with E-state index in [-0.39, 0.29) is 11.9 Å². The molecule has 5 rings (SSSR count). The molecule has 2 aliphatic rings. The molecule has 2 fully saturated rings. The van der Waals surface area contributed by atoms with Crippen LogP contribution in [0.15, 0.2) is 53.1 Å². The molecule has 0 N–H and O–H groups in total. The highest BCUT2D eigenvalue weighted by Crippen LogP contribution is 2.26. The molecule has 2 saturated heterocycles. The SMILES string of the molecule is Cc1cccc(N2CCN(C(=O)CCc3nc(-c4ccc(N5CCC(C)CC5)cc4)no3)C[C@H]2C)c1. The van der Waals surface area contributed by atoms with E-state index in [4.69, 9.17) is 4.52 Å². The zero-order chi connectivity index (χ0) is 25.1. The summed E-state index contributed by atoms with van der Waals surface area (Å²) >= 11 is 0. The zero-order valence-electron chi connectivity index (χ0n) is 21.7. The molecule has 190 valence electrons.